The summed E-state index contributed by atoms with van der Waals surface area (Å²) in [5, 5.41) is 0. The van der Waals surface area contributed by atoms with Crippen LogP contribution in [-0.4, -0.2) is 26.2 Å². The van der Waals surface area contributed by atoms with Gasteiger partial charge in [0.05, 0.1) is 25.6 Å². The molecule has 3 aliphatic rings. The van der Waals surface area contributed by atoms with Crippen molar-refractivity contribution in [2.24, 2.45) is 11.3 Å². The molecule has 0 spiro atoms. The largest absolute Gasteiger partial charge is 0.469 e. The van der Waals surface area contributed by atoms with Gasteiger partial charge in [-0.2, -0.15) is 0 Å². The number of hydrogen-bond acceptors (Lipinski definition) is 4. The molecule has 0 aromatic heterocycles. The van der Waals surface area contributed by atoms with Gasteiger partial charge in [0.2, 0.25) is 0 Å². The third-order valence-corrected chi connectivity index (χ3v) is 5.94. The summed E-state index contributed by atoms with van der Waals surface area (Å²) in [6, 6.07) is 16.1. The summed E-state index contributed by atoms with van der Waals surface area (Å²) in [6.45, 7) is 1.84. The van der Waals surface area contributed by atoms with Crippen molar-refractivity contribution in [1.82, 2.24) is 0 Å². The van der Waals surface area contributed by atoms with E-state index in [4.69, 9.17) is 9.47 Å². The Hall–Kier alpha value is -2.62. The lowest BCUT2D eigenvalue weighted by Gasteiger charge is -2.53. The molecule has 4 nitrogen and oxygen atoms in total. The number of carbonyl (C=O) groups is 2. The lowest BCUT2D eigenvalue weighted by Crippen LogP contribution is -2.55. The molecular weight excluding hydrogens is 316 g/mol. The SMILES string of the molecule is COC(=O)[C@H]1C2c3ccccc3C(c3ccccc32)[C@@]1(C)C(=O)OC. The average molecular weight is 336 g/mol. The molecule has 0 heterocycles. The fraction of sp³-hybridized carbons (Fsp3) is 0.333. The van der Waals surface area contributed by atoms with Crippen molar-refractivity contribution in [3.05, 3.63) is 70.8 Å². The van der Waals surface area contributed by atoms with Crippen molar-refractivity contribution >= 4 is 11.9 Å². The molecule has 0 N–H and O–H groups in total. The first kappa shape index (κ1) is 15.9. The van der Waals surface area contributed by atoms with Gasteiger partial charge in [-0.25, -0.2) is 0 Å². The second kappa shape index (κ2) is 5.45. The Morgan fingerprint density at radius 3 is 1.76 bits per heavy atom. The number of methoxy groups -OCH3 is 2. The summed E-state index contributed by atoms with van der Waals surface area (Å²) in [5.41, 5.74) is 3.39. The Bertz CT molecular complexity index is 824. The molecule has 2 aromatic carbocycles. The van der Waals surface area contributed by atoms with Crippen LogP contribution in [0, 0.1) is 11.3 Å². The van der Waals surface area contributed by atoms with E-state index in [0.29, 0.717) is 0 Å². The highest BCUT2D eigenvalue weighted by Crippen LogP contribution is 2.64. The summed E-state index contributed by atoms with van der Waals surface area (Å²) in [5.74, 6) is -1.80. The molecule has 0 aliphatic heterocycles. The maximum atomic E-state index is 12.9. The minimum absolute atomic E-state index is 0.214. The van der Waals surface area contributed by atoms with E-state index in [9.17, 15) is 9.59 Å². The van der Waals surface area contributed by atoms with E-state index < -0.39 is 11.3 Å². The van der Waals surface area contributed by atoms with Crippen LogP contribution in [-0.2, 0) is 19.1 Å². The highest BCUT2D eigenvalue weighted by molar-refractivity contribution is 5.90. The molecule has 0 saturated heterocycles. The molecule has 2 atom stereocenters. The smallest absolute Gasteiger partial charge is 0.313 e. The predicted octanol–water partition coefficient (Wildman–Crippen LogP) is 3.25. The maximum Gasteiger partial charge on any atom is 0.313 e. The molecule has 2 aromatic rings. The molecule has 2 bridgehead atoms. The lowest BCUT2D eigenvalue weighted by molar-refractivity contribution is -0.169. The first-order chi connectivity index (χ1) is 12.1. The van der Waals surface area contributed by atoms with E-state index in [1.807, 2.05) is 31.2 Å². The molecule has 0 amide bonds. The van der Waals surface area contributed by atoms with Gasteiger partial charge in [-0.05, 0) is 29.2 Å². The van der Waals surface area contributed by atoms with Gasteiger partial charge in [-0.1, -0.05) is 48.5 Å². The Labute approximate surface area is 146 Å². The van der Waals surface area contributed by atoms with Crippen LogP contribution in [0.1, 0.15) is 41.0 Å². The molecule has 0 radical (unpaired) electrons. The summed E-state index contributed by atoms with van der Waals surface area (Å²) in [6.07, 6.45) is 0. The third-order valence-electron chi connectivity index (χ3n) is 5.94. The first-order valence-electron chi connectivity index (χ1n) is 8.39. The zero-order valence-electron chi connectivity index (χ0n) is 14.5. The van der Waals surface area contributed by atoms with Gasteiger partial charge in [0, 0.05) is 11.8 Å². The zero-order chi connectivity index (χ0) is 17.8. The van der Waals surface area contributed by atoms with Crippen molar-refractivity contribution in [2.75, 3.05) is 14.2 Å². The second-order valence-electron chi connectivity index (χ2n) is 6.94. The fourth-order valence-electron chi connectivity index (χ4n) is 4.95. The van der Waals surface area contributed by atoms with Crippen molar-refractivity contribution in [3.8, 4) is 0 Å². The second-order valence-corrected chi connectivity index (χ2v) is 6.94. The Morgan fingerprint density at radius 1 is 0.840 bits per heavy atom. The van der Waals surface area contributed by atoms with Gasteiger partial charge in [-0.15, -0.1) is 0 Å². The van der Waals surface area contributed by atoms with E-state index in [-0.39, 0.29) is 23.8 Å². The van der Waals surface area contributed by atoms with E-state index in [1.54, 1.807) is 0 Å². The van der Waals surface area contributed by atoms with Gasteiger partial charge in [0.1, 0.15) is 0 Å². The van der Waals surface area contributed by atoms with Gasteiger partial charge in [0.25, 0.3) is 0 Å². The van der Waals surface area contributed by atoms with Gasteiger partial charge >= 0.3 is 11.9 Å². The molecule has 25 heavy (non-hydrogen) atoms. The monoisotopic (exact) mass is 336 g/mol. The molecule has 128 valence electrons. The molecule has 0 unspecified atom stereocenters. The molecule has 0 fully saturated rings. The highest BCUT2D eigenvalue weighted by atomic mass is 16.5. The maximum absolute atomic E-state index is 12.9. The van der Waals surface area contributed by atoms with Gasteiger partial charge in [-0.3, -0.25) is 9.59 Å². The number of rotatable bonds is 2. The van der Waals surface area contributed by atoms with E-state index >= 15 is 0 Å². The van der Waals surface area contributed by atoms with Crippen LogP contribution in [0.15, 0.2) is 48.5 Å². The number of fused-ring (bicyclic) bond motifs is 1. The van der Waals surface area contributed by atoms with Crippen LogP contribution in [0.25, 0.3) is 0 Å². The molecular formula is C21H20O4. The molecule has 0 saturated carbocycles. The molecule has 3 aliphatic carbocycles. The van der Waals surface area contributed by atoms with E-state index in [2.05, 4.69) is 24.3 Å². The summed E-state index contributed by atoms with van der Waals surface area (Å²) in [7, 11) is 2.75. The van der Waals surface area contributed by atoms with Crippen LogP contribution in [0.2, 0.25) is 0 Å². The number of ether oxygens (including phenoxy) is 2. The first-order valence-corrected chi connectivity index (χ1v) is 8.39. The van der Waals surface area contributed by atoms with E-state index in [1.165, 1.54) is 14.2 Å². The lowest BCUT2D eigenvalue weighted by atomic mass is 9.47. The predicted molar refractivity (Wildman–Crippen MR) is 92.2 cm³/mol. The molecule has 4 heteroatoms. The minimum Gasteiger partial charge on any atom is -0.469 e. The Morgan fingerprint density at radius 2 is 1.32 bits per heavy atom. The Balaban J connectivity index is 2.08. The summed E-state index contributed by atoms with van der Waals surface area (Å²) in [4.78, 5) is 25.7. The van der Waals surface area contributed by atoms with Crippen LogP contribution in [0.4, 0.5) is 0 Å². The zero-order valence-corrected chi connectivity index (χ0v) is 14.5. The van der Waals surface area contributed by atoms with Gasteiger partial charge in [0.15, 0.2) is 0 Å². The fourth-order valence-corrected chi connectivity index (χ4v) is 4.95. The van der Waals surface area contributed by atoms with Crippen LogP contribution in [0.5, 0.6) is 0 Å². The van der Waals surface area contributed by atoms with Crippen molar-refractivity contribution < 1.29 is 19.1 Å². The highest BCUT2D eigenvalue weighted by Gasteiger charge is 2.63. The van der Waals surface area contributed by atoms with Crippen LogP contribution < -0.4 is 0 Å². The minimum atomic E-state index is -1.00. The standard InChI is InChI=1S/C21H20O4/c1-21(20(23)25-3)17-14-10-6-4-8-12(14)16(18(21)19(22)24-2)13-9-5-7-11-15(13)17/h4-11,16-18H,1-3H3/t16?,17?,18-,21-/m1/s1. The quantitative estimate of drug-likeness (QED) is 0.790. The number of benzene rings is 2. The summed E-state index contributed by atoms with van der Waals surface area (Å²) < 4.78 is 10.3. The van der Waals surface area contributed by atoms with Crippen molar-refractivity contribution in [3.63, 3.8) is 0 Å². The van der Waals surface area contributed by atoms with Gasteiger partial charge < -0.3 is 9.47 Å². The van der Waals surface area contributed by atoms with Crippen LogP contribution in [0.3, 0.4) is 0 Å². The summed E-state index contributed by atoms with van der Waals surface area (Å²) >= 11 is 0. The van der Waals surface area contributed by atoms with E-state index in [0.717, 1.165) is 22.3 Å². The average Bonchev–Trinajstić information content (AvgIpc) is 2.66. The third kappa shape index (κ3) is 1.88. The number of carbonyl (C=O) groups excluding carboxylic acids is 2. The number of esters is 2. The normalized spacial score (nSPS) is 28.7. The number of hydrogen-bond donors (Lipinski definition) is 0. The van der Waals surface area contributed by atoms with Crippen LogP contribution >= 0.6 is 0 Å². The van der Waals surface area contributed by atoms with Crippen molar-refractivity contribution in [2.45, 2.75) is 18.8 Å². The van der Waals surface area contributed by atoms with Crippen molar-refractivity contribution in [1.29, 1.82) is 0 Å². The Kier molecular flexibility index (Phi) is 3.46. The molecule has 5 rings (SSSR count). The topological polar surface area (TPSA) is 52.6 Å².